The van der Waals surface area contributed by atoms with Crippen LogP contribution in [0.4, 0.5) is 33.6 Å². The smallest absolute Gasteiger partial charge is 0.266 e. The summed E-state index contributed by atoms with van der Waals surface area (Å²) >= 11 is 0. The molecule has 2 unspecified atom stereocenters. The van der Waals surface area contributed by atoms with Crippen LogP contribution in [0, 0.1) is 12.7 Å². The van der Waals surface area contributed by atoms with E-state index in [0.717, 1.165) is 6.07 Å². The van der Waals surface area contributed by atoms with E-state index in [-0.39, 0.29) is 24.6 Å². The van der Waals surface area contributed by atoms with Crippen LogP contribution >= 0.6 is 0 Å². The maximum atomic E-state index is 14.7. The topological polar surface area (TPSA) is 57.2 Å². The van der Waals surface area contributed by atoms with Crippen LogP contribution in [-0.2, 0) is 0 Å². The van der Waals surface area contributed by atoms with Gasteiger partial charge in [0, 0.05) is 43.0 Å². The van der Waals surface area contributed by atoms with Crippen LogP contribution in [0.2, 0.25) is 0 Å². The van der Waals surface area contributed by atoms with Crippen LogP contribution in [0.3, 0.4) is 0 Å². The maximum Gasteiger partial charge on any atom is 0.266 e. The Morgan fingerprint density at radius 2 is 1.91 bits per heavy atom. The van der Waals surface area contributed by atoms with Gasteiger partial charge in [-0.15, -0.1) is 0 Å². The van der Waals surface area contributed by atoms with Crippen LogP contribution in [0.25, 0.3) is 10.9 Å². The number of hydrogen-bond acceptors (Lipinski definition) is 6. The lowest BCUT2D eigenvalue weighted by molar-refractivity contribution is 0.0125. The zero-order valence-electron chi connectivity index (χ0n) is 19.3. The summed E-state index contributed by atoms with van der Waals surface area (Å²) in [7, 11) is 0. The number of piperazine rings is 1. The molecule has 5 rings (SSSR count). The molecular formula is C24H25F5N6. The standard InChI is InChI=1S/C24H25F5N6/c1-13(16-4-3-5-17(21(16)25)22(26)27)31-23-18-8-20(30-10-19(18)32-14(2)33-23)34-6-7-35-12-24(28,29)9-15(35)11-34/h3-5,8,10,13,15,22H,6-7,9,11-12H2,1-2H3,(H,31,32,33). The fourth-order valence-corrected chi connectivity index (χ4v) is 4.98. The third-order valence-electron chi connectivity index (χ3n) is 6.69. The molecule has 1 N–H and O–H groups in total. The Labute approximate surface area is 199 Å². The van der Waals surface area contributed by atoms with Gasteiger partial charge in [-0.2, -0.15) is 0 Å². The minimum absolute atomic E-state index is 0.0970. The zero-order chi connectivity index (χ0) is 24.9. The molecular weight excluding hydrogens is 467 g/mol. The van der Waals surface area contributed by atoms with Crippen molar-refractivity contribution in [2.24, 2.45) is 0 Å². The maximum absolute atomic E-state index is 14.7. The van der Waals surface area contributed by atoms with Gasteiger partial charge in [0.05, 0.1) is 29.9 Å². The molecule has 35 heavy (non-hydrogen) atoms. The lowest BCUT2D eigenvalue weighted by Gasteiger charge is -2.37. The highest BCUT2D eigenvalue weighted by atomic mass is 19.3. The molecule has 2 aliphatic rings. The Balaban J connectivity index is 1.44. The van der Waals surface area contributed by atoms with Crippen molar-refractivity contribution >= 4 is 22.5 Å². The predicted molar refractivity (Wildman–Crippen MR) is 123 cm³/mol. The van der Waals surface area contributed by atoms with E-state index in [1.165, 1.54) is 12.1 Å². The molecule has 2 atom stereocenters. The van der Waals surface area contributed by atoms with Gasteiger partial charge in [0.25, 0.3) is 12.3 Å². The van der Waals surface area contributed by atoms with Crippen molar-refractivity contribution in [3.63, 3.8) is 0 Å². The van der Waals surface area contributed by atoms with Crippen LogP contribution in [0.1, 0.15) is 42.8 Å². The molecule has 4 heterocycles. The normalized spacial score (nSPS) is 20.9. The summed E-state index contributed by atoms with van der Waals surface area (Å²) in [5.74, 6) is -2.14. The van der Waals surface area contributed by atoms with Gasteiger partial charge in [0.1, 0.15) is 23.3 Å². The van der Waals surface area contributed by atoms with E-state index in [4.69, 9.17) is 0 Å². The summed E-state index contributed by atoms with van der Waals surface area (Å²) < 4.78 is 68.8. The van der Waals surface area contributed by atoms with Crippen molar-refractivity contribution in [1.82, 2.24) is 19.9 Å². The first kappa shape index (κ1) is 23.7. The highest BCUT2D eigenvalue weighted by Crippen LogP contribution is 2.36. The first-order valence-corrected chi connectivity index (χ1v) is 11.5. The Morgan fingerprint density at radius 1 is 1.14 bits per heavy atom. The van der Waals surface area contributed by atoms with Gasteiger partial charge in [-0.05, 0) is 19.9 Å². The fraction of sp³-hybridized carbons (Fsp3) is 0.458. The number of aryl methyl sites for hydroxylation is 1. The number of benzene rings is 1. The van der Waals surface area contributed by atoms with Crippen LogP contribution in [-0.4, -0.2) is 58.0 Å². The van der Waals surface area contributed by atoms with Crippen molar-refractivity contribution in [3.05, 3.63) is 53.2 Å². The molecule has 2 aromatic heterocycles. The van der Waals surface area contributed by atoms with Crippen molar-refractivity contribution in [2.75, 3.05) is 36.4 Å². The van der Waals surface area contributed by atoms with Crippen LogP contribution < -0.4 is 10.2 Å². The molecule has 2 saturated heterocycles. The summed E-state index contributed by atoms with van der Waals surface area (Å²) in [6.45, 7) is 4.68. The second-order valence-corrected chi connectivity index (χ2v) is 9.23. The second kappa shape index (κ2) is 8.85. The first-order valence-electron chi connectivity index (χ1n) is 11.5. The first-order chi connectivity index (χ1) is 16.6. The average molecular weight is 492 g/mol. The molecule has 1 aromatic carbocycles. The lowest BCUT2D eigenvalue weighted by Crippen LogP contribution is -2.50. The Bertz CT molecular complexity index is 1250. The highest BCUT2D eigenvalue weighted by Gasteiger charge is 2.46. The van der Waals surface area contributed by atoms with E-state index in [9.17, 15) is 22.0 Å². The summed E-state index contributed by atoms with van der Waals surface area (Å²) in [4.78, 5) is 17.2. The molecule has 3 aromatic rings. The van der Waals surface area contributed by atoms with Gasteiger partial charge in [0.15, 0.2) is 0 Å². The highest BCUT2D eigenvalue weighted by molar-refractivity contribution is 5.90. The number of nitrogens with one attached hydrogen (secondary N) is 1. The number of halogens is 5. The Morgan fingerprint density at radius 3 is 2.69 bits per heavy atom. The largest absolute Gasteiger partial charge is 0.363 e. The summed E-state index contributed by atoms with van der Waals surface area (Å²) in [6.07, 6.45) is -1.49. The second-order valence-electron chi connectivity index (χ2n) is 9.23. The number of alkyl halides is 4. The van der Waals surface area contributed by atoms with Gasteiger partial charge < -0.3 is 10.2 Å². The van der Waals surface area contributed by atoms with Crippen molar-refractivity contribution < 1.29 is 22.0 Å². The van der Waals surface area contributed by atoms with Crippen LogP contribution in [0.5, 0.6) is 0 Å². The minimum atomic E-state index is -2.92. The molecule has 0 amide bonds. The van der Waals surface area contributed by atoms with Crippen LogP contribution in [0.15, 0.2) is 30.5 Å². The third-order valence-corrected chi connectivity index (χ3v) is 6.69. The molecule has 0 aliphatic carbocycles. The molecule has 0 radical (unpaired) electrons. The molecule has 0 bridgehead atoms. The number of aromatic nitrogens is 3. The summed E-state index contributed by atoms with van der Waals surface area (Å²) in [5, 5.41) is 3.76. The zero-order valence-corrected chi connectivity index (χ0v) is 19.3. The monoisotopic (exact) mass is 492 g/mol. The van der Waals surface area contributed by atoms with Crippen molar-refractivity contribution in [1.29, 1.82) is 0 Å². The fourth-order valence-electron chi connectivity index (χ4n) is 4.98. The minimum Gasteiger partial charge on any atom is -0.363 e. The summed E-state index contributed by atoms with van der Waals surface area (Å²) in [6, 6.07) is 4.81. The molecule has 11 heteroatoms. The Hall–Kier alpha value is -3.08. The number of fused-ring (bicyclic) bond motifs is 2. The SMILES string of the molecule is Cc1nc(NC(C)c2cccc(C(F)F)c2F)c2cc(N3CCN4CC(F)(F)CC4C3)ncc2n1. The Kier molecular flexibility index (Phi) is 5.98. The predicted octanol–water partition coefficient (Wildman–Crippen LogP) is 5.11. The number of pyridine rings is 1. The number of hydrogen-bond donors (Lipinski definition) is 1. The van der Waals surface area contributed by atoms with E-state index in [0.29, 0.717) is 48.0 Å². The lowest BCUT2D eigenvalue weighted by atomic mass is 10.0. The van der Waals surface area contributed by atoms with E-state index in [1.54, 1.807) is 26.1 Å². The van der Waals surface area contributed by atoms with Gasteiger partial charge in [0.2, 0.25) is 0 Å². The molecule has 2 fully saturated rings. The number of rotatable bonds is 5. The van der Waals surface area contributed by atoms with Crippen molar-refractivity contribution in [3.8, 4) is 0 Å². The molecule has 6 nitrogen and oxygen atoms in total. The van der Waals surface area contributed by atoms with Gasteiger partial charge in [-0.1, -0.05) is 18.2 Å². The molecule has 0 spiro atoms. The average Bonchev–Trinajstić information content (AvgIpc) is 3.11. The number of nitrogens with zero attached hydrogens (tertiary/aromatic N) is 5. The van der Waals surface area contributed by atoms with Gasteiger partial charge in [-0.3, -0.25) is 4.90 Å². The van der Waals surface area contributed by atoms with Gasteiger partial charge in [-0.25, -0.2) is 36.9 Å². The molecule has 0 saturated carbocycles. The number of anilines is 2. The summed E-state index contributed by atoms with van der Waals surface area (Å²) in [5.41, 5.74) is 0.00608. The molecule has 186 valence electrons. The van der Waals surface area contributed by atoms with E-state index in [1.807, 2.05) is 9.80 Å². The third kappa shape index (κ3) is 4.61. The molecule has 2 aliphatic heterocycles. The quantitative estimate of drug-likeness (QED) is 0.500. The van der Waals surface area contributed by atoms with Gasteiger partial charge >= 0.3 is 0 Å². The van der Waals surface area contributed by atoms with E-state index in [2.05, 4.69) is 20.3 Å². The van der Waals surface area contributed by atoms with Crippen molar-refractivity contribution in [2.45, 2.75) is 44.7 Å². The van der Waals surface area contributed by atoms with E-state index < -0.39 is 29.8 Å². The van der Waals surface area contributed by atoms with E-state index >= 15 is 0 Å².